The van der Waals surface area contributed by atoms with Crippen molar-refractivity contribution in [3.8, 4) is 11.5 Å². The zero-order valence-electron chi connectivity index (χ0n) is 15.6. The van der Waals surface area contributed by atoms with Crippen molar-refractivity contribution in [1.29, 1.82) is 0 Å². The van der Waals surface area contributed by atoms with Crippen LogP contribution in [0.4, 0.5) is 5.69 Å². The molecule has 0 atom stereocenters. The monoisotopic (exact) mass is 369 g/mol. The van der Waals surface area contributed by atoms with Crippen molar-refractivity contribution in [1.82, 2.24) is 5.43 Å². The SMILES string of the molecule is COc1ccc(C=NNC(=O)CCC(=O)Nc2ccc(C)cc2C)cc1O. The molecule has 0 fully saturated rings. The predicted octanol–water partition coefficient (Wildman–Crippen LogP) is 2.89. The molecule has 0 spiro atoms. The average Bonchev–Trinajstić information content (AvgIpc) is 2.62. The van der Waals surface area contributed by atoms with Crippen molar-refractivity contribution < 1.29 is 19.4 Å². The van der Waals surface area contributed by atoms with E-state index >= 15 is 0 Å². The number of ether oxygens (including phenoxy) is 1. The molecule has 142 valence electrons. The normalized spacial score (nSPS) is 10.6. The molecule has 0 aliphatic heterocycles. The van der Waals surface area contributed by atoms with E-state index in [1.165, 1.54) is 19.4 Å². The Labute approximate surface area is 158 Å². The number of hydrogen-bond donors (Lipinski definition) is 3. The third-order valence-electron chi connectivity index (χ3n) is 3.84. The lowest BCUT2D eigenvalue weighted by atomic mass is 10.1. The smallest absolute Gasteiger partial charge is 0.240 e. The molecule has 0 bridgehead atoms. The molecule has 7 heteroatoms. The molecule has 2 rings (SSSR count). The second kappa shape index (κ2) is 9.38. The number of aromatic hydroxyl groups is 1. The van der Waals surface area contributed by atoms with Crippen LogP contribution in [0.2, 0.25) is 0 Å². The minimum Gasteiger partial charge on any atom is -0.504 e. The molecule has 0 aliphatic carbocycles. The number of amides is 2. The highest BCUT2D eigenvalue weighted by Gasteiger charge is 2.08. The van der Waals surface area contributed by atoms with E-state index in [2.05, 4.69) is 15.8 Å². The number of benzene rings is 2. The number of nitrogens with zero attached hydrogens (tertiary/aromatic N) is 1. The van der Waals surface area contributed by atoms with Crippen molar-refractivity contribution in [2.45, 2.75) is 26.7 Å². The van der Waals surface area contributed by atoms with E-state index in [9.17, 15) is 14.7 Å². The number of aryl methyl sites for hydroxylation is 2. The summed E-state index contributed by atoms with van der Waals surface area (Å²) in [4.78, 5) is 23.8. The summed E-state index contributed by atoms with van der Waals surface area (Å²) in [6.45, 7) is 3.90. The Kier molecular flexibility index (Phi) is 6.93. The molecule has 2 amide bonds. The summed E-state index contributed by atoms with van der Waals surface area (Å²) in [7, 11) is 1.46. The van der Waals surface area contributed by atoms with Gasteiger partial charge in [0.25, 0.3) is 0 Å². The standard InChI is InChI=1S/C20H23N3O4/c1-13-4-6-16(14(2)10-13)22-19(25)8-9-20(26)23-21-12-15-5-7-18(27-3)17(24)11-15/h4-7,10-12,24H,8-9H2,1-3H3,(H,22,25)(H,23,26). The molecule has 0 saturated heterocycles. The first-order valence-corrected chi connectivity index (χ1v) is 8.45. The van der Waals surface area contributed by atoms with Gasteiger partial charge in [0.15, 0.2) is 11.5 Å². The summed E-state index contributed by atoms with van der Waals surface area (Å²) < 4.78 is 4.95. The van der Waals surface area contributed by atoms with E-state index in [-0.39, 0.29) is 30.4 Å². The van der Waals surface area contributed by atoms with Crippen LogP contribution in [0, 0.1) is 13.8 Å². The number of carbonyl (C=O) groups is 2. The Hall–Kier alpha value is -3.35. The van der Waals surface area contributed by atoms with Gasteiger partial charge in [-0.3, -0.25) is 9.59 Å². The molecule has 0 saturated carbocycles. The van der Waals surface area contributed by atoms with E-state index in [1.54, 1.807) is 12.1 Å². The summed E-state index contributed by atoms with van der Waals surface area (Å²) in [6.07, 6.45) is 1.47. The van der Waals surface area contributed by atoms with Crippen molar-refractivity contribution in [2.75, 3.05) is 12.4 Å². The third kappa shape index (κ3) is 6.14. The lowest BCUT2D eigenvalue weighted by Crippen LogP contribution is -2.20. The van der Waals surface area contributed by atoms with E-state index in [1.807, 2.05) is 32.0 Å². The third-order valence-corrected chi connectivity index (χ3v) is 3.84. The maximum atomic E-state index is 12.0. The Morgan fingerprint density at radius 1 is 1.11 bits per heavy atom. The Balaban J connectivity index is 1.78. The van der Waals surface area contributed by atoms with Crippen LogP contribution in [0.25, 0.3) is 0 Å². The number of phenols is 1. The summed E-state index contributed by atoms with van der Waals surface area (Å²) in [6, 6.07) is 10.5. The molecule has 2 aromatic carbocycles. The molecule has 2 aromatic rings. The van der Waals surface area contributed by atoms with Gasteiger partial charge in [0.2, 0.25) is 11.8 Å². The summed E-state index contributed by atoms with van der Waals surface area (Å²) in [5.74, 6) is -0.275. The van der Waals surface area contributed by atoms with Gasteiger partial charge < -0.3 is 15.2 Å². The van der Waals surface area contributed by atoms with Gasteiger partial charge in [-0.25, -0.2) is 5.43 Å². The van der Waals surface area contributed by atoms with Crippen LogP contribution >= 0.6 is 0 Å². The molecular weight excluding hydrogens is 346 g/mol. The lowest BCUT2D eigenvalue weighted by Gasteiger charge is -2.08. The second-order valence-corrected chi connectivity index (χ2v) is 6.09. The minimum absolute atomic E-state index is 0.0158. The van der Waals surface area contributed by atoms with Crippen molar-refractivity contribution in [3.63, 3.8) is 0 Å². The number of rotatable bonds is 7. The Morgan fingerprint density at radius 3 is 2.52 bits per heavy atom. The number of methoxy groups -OCH3 is 1. The number of anilines is 1. The van der Waals surface area contributed by atoms with Crippen LogP contribution < -0.4 is 15.5 Å². The van der Waals surface area contributed by atoms with Crippen LogP contribution in [0.3, 0.4) is 0 Å². The van der Waals surface area contributed by atoms with E-state index in [4.69, 9.17) is 4.74 Å². The number of nitrogens with one attached hydrogen (secondary N) is 2. The summed E-state index contributed by atoms with van der Waals surface area (Å²) >= 11 is 0. The maximum absolute atomic E-state index is 12.0. The van der Waals surface area contributed by atoms with Crippen LogP contribution in [-0.4, -0.2) is 30.2 Å². The van der Waals surface area contributed by atoms with E-state index < -0.39 is 0 Å². The molecule has 0 aromatic heterocycles. The Bertz CT molecular complexity index is 862. The number of phenolic OH excluding ortho intramolecular Hbond substituents is 1. The minimum atomic E-state index is -0.375. The topological polar surface area (TPSA) is 100 Å². The first kappa shape index (κ1) is 20.0. The largest absolute Gasteiger partial charge is 0.504 e. The maximum Gasteiger partial charge on any atom is 0.240 e. The number of hydrazone groups is 1. The predicted molar refractivity (Wildman–Crippen MR) is 104 cm³/mol. The van der Waals surface area contributed by atoms with Crippen LogP contribution in [0.5, 0.6) is 11.5 Å². The van der Waals surface area contributed by atoms with E-state index in [0.29, 0.717) is 11.3 Å². The molecule has 0 heterocycles. The van der Waals surface area contributed by atoms with Gasteiger partial charge >= 0.3 is 0 Å². The van der Waals surface area contributed by atoms with Gasteiger partial charge in [-0.1, -0.05) is 17.7 Å². The molecule has 0 radical (unpaired) electrons. The highest BCUT2D eigenvalue weighted by Crippen LogP contribution is 2.25. The molecule has 27 heavy (non-hydrogen) atoms. The molecule has 3 N–H and O–H groups in total. The number of hydrogen-bond acceptors (Lipinski definition) is 5. The first-order valence-electron chi connectivity index (χ1n) is 8.45. The van der Waals surface area contributed by atoms with Gasteiger partial charge in [-0.05, 0) is 49.2 Å². The zero-order valence-corrected chi connectivity index (χ0v) is 15.6. The van der Waals surface area contributed by atoms with Crippen molar-refractivity contribution >= 4 is 23.7 Å². The zero-order chi connectivity index (χ0) is 19.8. The fourth-order valence-corrected chi connectivity index (χ4v) is 2.42. The first-order chi connectivity index (χ1) is 12.9. The van der Waals surface area contributed by atoms with E-state index in [0.717, 1.165) is 16.8 Å². The fourth-order valence-electron chi connectivity index (χ4n) is 2.42. The average molecular weight is 369 g/mol. The van der Waals surface area contributed by atoms with Gasteiger partial charge in [-0.2, -0.15) is 5.10 Å². The quantitative estimate of drug-likeness (QED) is 0.516. The van der Waals surface area contributed by atoms with Gasteiger partial charge in [0.1, 0.15) is 0 Å². The van der Waals surface area contributed by atoms with Gasteiger partial charge in [-0.15, -0.1) is 0 Å². The van der Waals surface area contributed by atoms with Gasteiger partial charge in [0.05, 0.1) is 13.3 Å². The second-order valence-electron chi connectivity index (χ2n) is 6.09. The Morgan fingerprint density at radius 2 is 1.85 bits per heavy atom. The number of carbonyl (C=O) groups excluding carboxylic acids is 2. The molecule has 7 nitrogen and oxygen atoms in total. The highest BCUT2D eigenvalue weighted by molar-refractivity contribution is 5.94. The van der Waals surface area contributed by atoms with Crippen LogP contribution in [0.15, 0.2) is 41.5 Å². The summed E-state index contributed by atoms with van der Waals surface area (Å²) in [5, 5.41) is 16.3. The highest BCUT2D eigenvalue weighted by atomic mass is 16.5. The molecule has 0 aliphatic rings. The fraction of sp³-hybridized carbons (Fsp3) is 0.250. The van der Waals surface area contributed by atoms with Crippen molar-refractivity contribution in [2.24, 2.45) is 5.10 Å². The molecular formula is C20H23N3O4. The lowest BCUT2D eigenvalue weighted by molar-refractivity contribution is -0.124. The van der Waals surface area contributed by atoms with Gasteiger partial charge in [0, 0.05) is 18.5 Å². The molecule has 0 unspecified atom stereocenters. The van der Waals surface area contributed by atoms with Crippen LogP contribution in [0.1, 0.15) is 29.5 Å². The van der Waals surface area contributed by atoms with Crippen LogP contribution in [-0.2, 0) is 9.59 Å². The van der Waals surface area contributed by atoms with Crippen molar-refractivity contribution in [3.05, 3.63) is 53.1 Å². The summed E-state index contributed by atoms with van der Waals surface area (Å²) in [5.41, 5.74) is 5.78.